The van der Waals surface area contributed by atoms with Crippen LogP contribution >= 0.6 is 0 Å². The Kier molecular flexibility index (Phi) is 8.14. The van der Waals surface area contributed by atoms with E-state index in [1.165, 1.54) is 45.3 Å². The number of methoxy groups -OCH3 is 1. The topological polar surface area (TPSA) is 99.2 Å². The Balaban J connectivity index is 1.74. The van der Waals surface area contributed by atoms with Crippen LogP contribution < -0.4 is 13.8 Å². The molecule has 0 bridgehead atoms. The number of hydrogen-bond donors (Lipinski definition) is 0. The molecule has 0 N–H and O–H groups in total. The number of ketones is 1. The van der Waals surface area contributed by atoms with E-state index >= 15 is 0 Å². The molecule has 0 spiro atoms. The van der Waals surface area contributed by atoms with E-state index in [4.69, 9.17) is 14.2 Å². The molecule has 0 heterocycles. The highest BCUT2D eigenvalue weighted by Crippen LogP contribution is 2.25. The molecule has 3 aromatic rings. The third-order valence-corrected chi connectivity index (χ3v) is 7.05. The maximum Gasteiger partial charge on any atom is 0.338 e. The van der Waals surface area contributed by atoms with E-state index in [1.54, 1.807) is 48.5 Å². The lowest BCUT2D eigenvalue weighted by Gasteiger charge is -2.20. The van der Waals surface area contributed by atoms with Crippen molar-refractivity contribution in [3.8, 4) is 11.5 Å². The molecule has 3 aromatic carbocycles. The Morgan fingerprint density at radius 2 is 1.54 bits per heavy atom. The zero-order valence-corrected chi connectivity index (χ0v) is 20.7. The molecule has 0 saturated carbocycles. The highest BCUT2D eigenvalue weighted by Gasteiger charge is 2.25. The molecule has 0 fully saturated rings. The molecule has 0 aliphatic heterocycles. The van der Waals surface area contributed by atoms with Crippen LogP contribution in [0.2, 0.25) is 0 Å². The fourth-order valence-electron chi connectivity index (χ4n) is 3.27. The van der Waals surface area contributed by atoms with Crippen LogP contribution in [0.15, 0.2) is 77.7 Å². The van der Waals surface area contributed by atoms with Crippen LogP contribution in [-0.2, 0) is 14.8 Å². The molecule has 184 valence electrons. The summed E-state index contributed by atoms with van der Waals surface area (Å²) in [7, 11) is -1.02. The largest absolute Gasteiger partial charge is 0.497 e. The number of hydrogen-bond acceptors (Lipinski definition) is 7. The fourth-order valence-corrected chi connectivity index (χ4v) is 4.51. The van der Waals surface area contributed by atoms with E-state index in [2.05, 4.69) is 0 Å². The number of benzene rings is 3. The van der Waals surface area contributed by atoms with Gasteiger partial charge < -0.3 is 14.2 Å². The highest BCUT2D eigenvalue weighted by atomic mass is 32.2. The lowest BCUT2D eigenvalue weighted by Crippen LogP contribution is -2.27. The summed E-state index contributed by atoms with van der Waals surface area (Å²) in [6, 6.07) is 18.6. The van der Waals surface area contributed by atoms with E-state index in [1.807, 2.05) is 6.92 Å². The first kappa shape index (κ1) is 25.8. The number of anilines is 1. The minimum atomic E-state index is -3.96. The standard InChI is InChI=1S/C26H27NO7S/c1-5-33-23-13-9-19(10-14-23)25(28)18(2)34-26(29)20-7-6-8-24(17-20)35(30,31)27(3)21-11-15-22(32-4)16-12-21/h6-18H,5H2,1-4H3/t18-/m0/s1. The van der Waals surface area contributed by atoms with E-state index in [0.717, 1.165) is 4.31 Å². The highest BCUT2D eigenvalue weighted by molar-refractivity contribution is 7.92. The van der Waals surface area contributed by atoms with Gasteiger partial charge in [0, 0.05) is 12.6 Å². The molecule has 35 heavy (non-hydrogen) atoms. The third-order valence-electron chi connectivity index (χ3n) is 5.27. The molecule has 0 aliphatic carbocycles. The van der Waals surface area contributed by atoms with Crippen LogP contribution in [0.1, 0.15) is 34.6 Å². The summed E-state index contributed by atoms with van der Waals surface area (Å²) in [4.78, 5) is 25.3. The van der Waals surface area contributed by atoms with Gasteiger partial charge in [-0.2, -0.15) is 0 Å². The molecular formula is C26H27NO7S. The van der Waals surface area contributed by atoms with Gasteiger partial charge in [-0.25, -0.2) is 13.2 Å². The van der Waals surface area contributed by atoms with E-state index in [-0.39, 0.29) is 16.2 Å². The Morgan fingerprint density at radius 1 is 0.914 bits per heavy atom. The SMILES string of the molecule is CCOc1ccc(C(=O)[C@H](C)OC(=O)c2cccc(S(=O)(=O)N(C)c3ccc(OC)cc3)c2)cc1. The summed E-state index contributed by atoms with van der Waals surface area (Å²) in [6.07, 6.45) is -1.07. The molecule has 0 aromatic heterocycles. The van der Waals surface area contributed by atoms with Gasteiger partial charge in [0.05, 0.1) is 29.9 Å². The first-order valence-corrected chi connectivity index (χ1v) is 12.3. The number of nitrogens with zero attached hydrogens (tertiary/aromatic N) is 1. The lowest BCUT2D eigenvalue weighted by atomic mass is 10.1. The molecule has 9 heteroatoms. The molecule has 0 radical (unpaired) electrons. The third kappa shape index (κ3) is 5.99. The smallest absolute Gasteiger partial charge is 0.338 e. The van der Waals surface area contributed by atoms with Gasteiger partial charge in [0.2, 0.25) is 5.78 Å². The summed E-state index contributed by atoms with van der Waals surface area (Å²) in [5, 5.41) is 0. The number of ether oxygens (including phenoxy) is 3. The van der Waals surface area contributed by atoms with Crippen LogP contribution in [0.4, 0.5) is 5.69 Å². The van der Waals surface area contributed by atoms with Gasteiger partial charge in [0.15, 0.2) is 6.10 Å². The van der Waals surface area contributed by atoms with Gasteiger partial charge in [-0.3, -0.25) is 9.10 Å². The molecule has 0 saturated heterocycles. The predicted molar refractivity (Wildman–Crippen MR) is 132 cm³/mol. The summed E-state index contributed by atoms with van der Waals surface area (Å²) < 4.78 is 43.2. The quantitative estimate of drug-likeness (QED) is 0.303. The number of sulfonamides is 1. The van der Waals surface area contributed by atoms with E-state index in [0.29, 0.717) is 29.4 Å². The number of Topliss-reactive ketones (excluding diaryl/α,β-unsaturated/α-hetero) is 1. The van der Waals surface area contributed by atoms with Crippen molar-refractivity contribution in [1.82, 2.24) is 0 Å². The van der Waals surface area contributed by atoms with Gasteiger partial charge >= 0.3 is 5.97 Å². The maximum atomic E-state index is 13.1. The van der Waals surface area contributed by atoms with Gasteiger partial charge in [-0.05, 0) is 80.6 Å². The van der Waals surface area contributed by atoms with Crippen molar-refractivity contribution in [2.75, 3.05) is 25.1 Å². The van der Waals surface area contributed by atoms with Crippen LogP contribution in [0.3, 0.4) is 0 Å². The molecule has 0 unspecified atom stereocenters. The summed E-state index contributed by atoms with van der Waals surface area (Å²) >= 11 is 0. The Morgan fingerprint density at radius 3 is 2.14 bits per heavy atom. The number of rotatable bonds is 10. The molecule has 1 atom stereocenters. The van der Waals surface area contributed by atoms with Crippen molar-refractivity contribution in [3.63, 3.8) is 0 Å². The van der Waals surface area contributed by atoms with Gasteiger partial charge in [-0.1, -0.05) is 6.07 Å². The van der Waals surface area contributed by atoms with Crippen molar-refractivity contribution in [2.24, 2.45) is 0 Å². The fraction of sp³-hybridized carbons (Fsp3) is 0.231. The Labute approximate surface area is 205 Å². The summed E-state index contributed by atoms with van der Waals surface area (Å²) in [5.74, 6) is 0.0369. The summed E-state index contributed by atoms with van der Waals surface area (Å²) in [5.41, 5.74) is 0.806. The van der Waals surface area contributed by atoms with Gasteiger partial charge in [0.25, 0.3) is 10.0 Å². The van der Waals surface area contributed by atoms with Crippen LogP contribution in [0.5, 0.6) is 11.5 Å². The van der Waals surface area contributed by atoms with Crippen molar-refractivity contribution >= 4 is 27.5 Å². The first-order chi connectivity index (χ1) is 16.7. The van der Waals surface area contributed by atoms with E-state index in [9.17, 15) is 18.0 Å². The molecule has 3 rings (SSSR count). The molecule has 0 amide bonds. The Hall–Kier alpha value is -3.85. The van der Waals surface area contributed by atoms with E-state index < -0.39 is 22.1 Å². The second-order valence-corrected chi connectivity index (χ2v) is 9.54. The molecule has 0 aliphatic rings. The van der Waals surface area contributed by atoms with Crippen molar-refractivity contribution < 1.29 is 32.2 Å². The first-order valence-electron chi connectivity index (χ1n) is 10.9. The van der Waals surface area contributed by atoms with Gasteiger partial charge in [0.1, 0.15) is 11.5 Å². The molecular weight excluding hydrogens is 470 g/mol. The van der Waals surface area contributed by atoms with Crippen molar-refractivity contribution in [3.05, 3.63) is 83.9 Å². The monoisotopic (exact) mass is 497 g/mol. The van der Waals surface area contributed by atoms with Gasteiger partial charge in [-0.15, -0.1) is 0 Å². The zero-order chi connectivity index (χ0) is 25.6. The second kappa shape index (κ2) is 11.1. The number of esters is 1. The zero-order valence-electron chi connectivity index (χ0n) is 19.9. The average Bonchev–Trinajstić information content (AvgIpc) is 2.88. The van der Waals surface area contributed by atoms with Crippen LogP contribution in [0, 0.1) is 0 Å². The van der Waals surface area contributed by atoms with Crippen LogP contribution in [0.25, 0.3) is 0 Å². The van der Waals surface area contributed by atoms with Crippen LogP contribution in [-0.4, -0.2) is 47.0 Å². The van der Waals surface area contributed by atoms with Crippen molar-refractivity contribution in [1.29, 1.82) is 0 Å². The lowest BCUT2D eigenvalue weighted by molar-refractivity contribution is 0.0318. The predicted octanol–water partition coefficient (Wildman–Crippen LogP) is 4.35. The maximum absolute atomic E-state index is 13.1. The minimum Gasteiger partial charge on any atom is -0.497 e. The Bertz CT molecular complexity index is 1290. The number of carbonyl (C=O) groups is 2. The van der Waals surface area contributed by atoms with Crippen molar-refractivity contribution in [2.45, 2.75) is 24.8 Å². The molecule has 8 nitrogen and oxygen atoms in total. The second-order valence-electron chi connectivity index (χ2n) is 7.57. The number of carbonyl (C=O) groups excluding carboxylic acids is 2. The normalized spacial score (nSPS) is 11.9. The summed E-state index contributed by atoms with van der Waals surface area (Å²) in [6.45, 7) is 3.83. The minimum absolute atomic E-state index is 0.0144. The average molecular weight is 498 g/mol.